The number of aliphatic hydroxyl groups excluding tert-OH is 1. The van der Waals surface area contributed by atoms with Gasteiger partial charge in [-0.1, -0.05) is 0 Å². The van der Waals surface area contributed by atoms with Crippen molar-refractivity contribution in [3.63, 3.8) is 0 Å². The number of aliphatic hydroxyl groups is 1. The minimum absolute atomic E-state index is 0.0319. The predicted octanol–water partition coefficient (Wildman–Crippen LogP) is 2.49. The zero-order valence-corrected chi connectivity index (χ0v) is 12.2. The second-order valence-electron chi connectivity index (χ2n) is 4.79. The van der Waals surface area contributed by atoms with Gasteiger partial charge in [0.2, 0.25) is 0 Å². The summed E-state index contributed by atoms with van der Waals surface area (Å²) >= 11 is 1.66. The van der Waals surface area contributed by atoms with E-state index in [0.717, 1.165) is 16.0 Å². The third-order valence-corrected chi connectivity index (χ3v) is 4.39. The van der Waals surface area contributed by atoms with Crippen molar-refractivity contribution < 1.29 is 5.11 Å². The minimum atomic E-state index is -0.108. The van der Waals surface area contributed by atoms with Crippen LogP contribution in [-0.2, 0) is 6.61 Å². The molecule has 0 aliphatic rings. The first-order valence-corrected chi connectivity index (χ1v) is 7.21. The highest BCUT2D eigenvalue weighted by atomic mass is 32.1. The highest BCUT2D eigenvalue weighted by molar-refractivity contribution is 7.11. The first-order valence-electron chi connectivity index (χ1n) is 6.39. The normalized spacial score (nSPS) is 12.9. The first kappa shape index (κ1) is 13.1. The number of rotatable bonds is 3. The number of nitrogens with zero attached hydrogens (tertiary/aromatic N) is 3. The molecule has 0 fully saturated rings. The van der Waals surface area contributed by atoms with E-state index in [4.69, 9.17) is 5.73 Å². The van der Waals surface area contributed by atoms with Crippen molar-refractivity contribution >= 4 is 28.1 Å². The summed E-state index contributed by atoms with van der Waals surface area (Å²) in [7, 11) is 0. The topological polar surface area (TPSA) is 77.0 Å². The van der Waals surface area contributed by atoms with Gasteiger partial charge in [0.05, 0.1) is 17.1 Å². The number of benzene rings is 1. The summed E-state index contributed by atoms with van der Waals surface area (Å²) in [6.45, 7) is 3.99. The van der Waals surface area contributed by atoms with Crippen LogP contribution in [0.4, 0.5) is 5.69 Å². The van der Waals surface area contributed by atoms with E-state index in [-0.39, 0.29) is 12.6 Å². The van der Waals surface area contributed by atoms with E-state index in [1.165, 1.54) is 4.88 Å². The lowest BCUT2D eigenvalue weighted by atomic mass is 10.2. The van der Waals surface area contributed by atoms with Gasteiger partial charge in [-0.2, -0.15) is 0 Å². The van der Waals surface area contributed by atoms with Gasteiger partial charge in [-0.25, -0.2) is 9.97 Å². The SMILES string of the molecule is Cc1cnc(C(C)n2c(CO)nc3cc(N)ccc32)s1. The molecule has 2 heterocycles. The van der Waals surface area contributed by atoms with E-state index in [1.54, 1.807) is 11.3 Å². The smallest absolute Gasteiger partial charge is 0.136 e. The molecule has 5 nitrogen and oxygen atoms in total. The summed E-state index contributed by atoms with van der Waals surface area (Å²) in [4.78, 5) is 10.1. The van der Waals surface area contributed by atoms with Crippen molar-refractivity contribution in [2.75, 3.05) is 5.73 Å². The lowest BCUT2D eigenvalue weighted by Crippen LogP contribution is -2.10. The van der Waals surface area contributed by atoms with Crippen LogP contribution in [0.2, 0.25) is 0 Å². The summed E-state index contributed by atoms with van der Waals surface area (Å²) in [5.74, 6) is 0.631. The van der Waals surface area contributed by atoms with Crippen LogP contribution in [0.15, 0.2) is 24.4 Å². The molecule has 0 aliphatic heterocycles. The van der Waals surface area contributed by atoms with Gasteiger partial charge in [-0.05, 0) is 32.0 Å². The molecule has 3 aromatic rings. The fourth-order valence-corrected chi connectivity index (χ4v) is 3.20. The molecular formula is C14H16N4OS. The third kappa shape index (κ3) is 2.07. The summed E-state index contributed by atoms with van der Waals surface area (Å²) in [5, 5.41) is 10.6. The minimum Gasteiger partial charge on any atom is -0.399 e. The zero-order valence-electron chi connectivity index (χ0n) is 11.4. The summed E-state index contributed by atoms with van der Waals surface area (Å²) < 4.78 is 2.02. The number of aryl methyl sites for hydroxylation is 1. The number of anilines is 1. The highest BCUT2D eigenvalue weighted by Gasteiger charge is 2.19. The zero-order chi connectivity index (χ0) is 14.3. The number of thiazole rings is 1. The van der Waals surface area contributed by atoms with Gasteiger partial charge >= 0.3 is 0 Å². The Bertz CT molecular complexity index is 762. The van der Waals surface area contributed by atoms with Gasteiger partial charge in [0.25, 0.3) is 0 Å². The molecule has 1 aromatic carbocycles. The molecule has 6 heteroatoms. The van der Waals surface area contributed by atoms with Crippen molar-refractivity contribution in [1.82, 2.24) is 14.5 Å². The van der Waals surface area contributed by atoms with E-state index < -0.39 is 0 Å². The number of imidazole rings is 1. The number of aromatic nitrogens is 3. The van der Waals surface area contributed by atoms with Crippen molar-refractivity contribution in [3.8, 4) is 0 Å². The Hall–Kier alpha value is -1.92. The number of hydrogen-bond acceptors (Lipinski definition) is 5. The molecule has 0 amide bonds. The maximum absolute atomic E-state index is 9.56. The van der Waals surface area contributed by atoms with E-state index in [2.05, 4.69) is 16.9 Å². The molecule has 0 aliphatic carbocycles. The predicted molar refractivity (Wildman–Crippen MR) is 80.7 cm³/mol. The average molecular weight is 288 g/mol. The monoisotopic (exact) mass is 288 g/mol. The number of fused-ring (bicyclic) bond motifs is 1. The molecule has 1 unspecified atom stereocenters. The van der Waals surface area contributed by atoms with Gasteiger partial charge in [-0.3, -0.25) is 0 Å². The van der Waals surface area contributed by atoms with Crippen LogP contribution < -0.4 is 5.73 Å². The Morgan fingerprint density at radius 1 is 1.45 bits per heavy atom. The summed E-state index contributed by atoms with van der Waals surface area (Å²) in [5.41, 5.74) is 8.23. The van der Waals surface area contributed by atoms with Crippen LogP contribution in [0.25, 0.3) is 11.0 Å². The van der Waals surface area contributed by atoms with Gasteiger partial charge in [-0.15, -0.1) is 11.3 Å². The number of nitrogens with two attached hydrogens (primary N) is 1. The van der Waals surface area contributed by atoms with Crippen molar-refractivity contribution in [2.24, 2.45) is 0 Å². The Labute approximate surface area is 120 Å². The molecule has 2 aromatic heterocycles. The van der Waals surface area contributed by atoms with Crippen LogP contribution >= 0.6 is 11.3 Å². The van der Waals surface area contributed by atoms with Gasteiger partial charge in [0, 0.05) is 16.8 Å². The van der Waals surface area contributed by atoms with Crippen molar-refractivity contribution in [1.29, 1.82) is 0 Å². The number of hydrogen-bond donors (Lipinski definition) is 2. The second kappa shape index (κ2) is 4.88. The Kier molecular flexibility index (Phi) is 3.19. The Balaban J connectivity index is 2.18. The van der Waals surface area contributed by atoms with E-state index >= 15 is 0 Å². The second-order valence-corrected chi connectivity index (χ2v) is 6.06. The Morgan fingerprint density at radius 2 is 2.25 bits per heavy atom. The van der Waals surface area contributed by atoms with Crippen LogP contribution in [-0.4, -0.2) is 19.6 Å². The van der Waals surface area contributed by atoms with Gasteiger partial charge < -0.3 is 15.4 Å². The van der Waals surface area contributed by atoms with Crippen LogP contribution in [0.1, 0.15) is 28.7 Å². The van der Waals surface area contributed by atoms with E-state index in [9.17, 15) is 5.11 Å². The maximum atomic E-state index is 9.56. The summed E-state index contributed by atoms with van der Waals surface area (Å²) in [6.07, 6.45) is 1.87. The highest BCUT2D eigenvalue weighted by Crippen LogP contribution is 2.29. The van der Waals surface area contributed by atoms with E-state index in [0.29, 0.717) is 11.5 Å². The summed E-state index contributed by atoms with van der Waals surface area (Å²) in [6, 6.07) is 5.64. The van der Waals surface area contributed by atoms with Crippen LogP contribution in [0, 0.1) is 6.92 Å². The standard InChI is InChI=1S/C14H16N4OS/c1-8-6-16-14(20-8)9(2)18-12-4-3-10(15)5-11(12)17-13(18)7-19/h3-6,9,19H,7,15H2,1-2H3. The molecule has 0 saturated carbocycles. The first-order chi connectivity index (χ1) is 9.60. The lowest BCUT2D eigenvalue weighted by Gasteiger charge is -2.14. The Morgan fingerprint density at radius 3 is 2.90 bits per heavy atom. The lowest BCUT2D eigenvalue weighted by molar-refractivity contribution is 0.264. The maximum Gasteiger partial charge on any atom is 0.136 e. The third-order valence-electron chi connectivity index (χ3n) is 3.31. The molecule has 104 valence electrons. The average Bonchev–Trinajstić information content (AvgIpc) is 3.00. The fourth-order valence-electron chi connectivity index (χ4n) is 2.39. The molecule has 0 spiro atoms. The molecular weight excluding hydrogens is 272 g/mol. The van der Waals surface area contributed by atoms with Crippen LogP contribution in [0.5, 0.6) is 0 Å². The molecule has 0 saturated heterocycles. The molecule has 3 rings (SSSR count). The van der Waals surface area contributed by atoms with Gasteiger partial charge in [0.15, 0.2) is 0 Å². The molecule has 3 N–H and O–H groups in total. The molecule has 20 heavy (non-hydrogen) atoms. The molecule has 0 radical (unpaired) electrons. The van der Waals surface area contributed by atoms with Crippen molar-refractivity contribution in [2.45, 2.75) is 26.5 Å². The van der Waals surface area contributed by atoms with Crippen molar-refractivity contribution in [3.05, 3.63) is 40.1 Å². The quantitative estimate of drug-likeness (QED) is 0.726. The molecule has 0 bridgehead atoms. The van der Waals surface area contributed by atoms with Crippen LogP contribution in [0.3, 0.4) is 0 Å². The number of nitrogen functional groups attached to an aromatic ring is 1. The molecule has 1 atom stereocenters. The van der Waals surface area contributed by atoms with E-state index in [1.807, 2.05) is 35.9 Å². The van der Waals surface area contributed by atoms with Gasteiger partial charge in [0.1, 0.15) is 17.4 Å². The largest absolute Gasteiger partial charge is 0.399 e. The fraction of sp³-hybridized carbons (Fsp3) is 0.286.